The molecule has 0 saturated carbocycles. The van der Waals surface area contributed by atoms with Crippen LogP contribution in [0.4, 0.5) is 0 Å². The maximum atomic E-state index is 12.2. The number of aliphatic hydroxyl groups excluding tert-OH is 1. The largest absolute Gasteiger partial charge is 0.395 e. The van der Waals surface area contributed by atoms with Gasteiger partial charge in [-0.15, -0.1) is 11.8 Å². The highest BCUT2D eigenvalue weighted by Crippen LogP contribution is 2.17. The Morgan fingerprint density at radius 2 is 1.95 bits per heavy atom. The Kier molecular flexibility index (Phi) is 6.36. The second kappa shape index (κ2) is 8.29. The number of amides is 1. The molecule has 1 fully saturated rings. The smallest absolute Gasteiger partial charge is 0.232 e. The van der Waals surface area contributed by atoms with Crippen LogP contribution in [0.2, 0.25) is 0 Å². The third-order valence-electron chi connectivity index (χ3n) is 3.46. The van der Waals surface area contributed by atoms with Crippen LogP contribution in [0.5, 0.6) is 0 Å². The van der Waals surface area contributed by atoms with E-state index < -0.39 is 0 Å². The minimum atomic E-state index is 0.192. The molecule has 0 aliphatic carbocycles. The first kappa shape index (κ1) is 15.4. The lowest BCUT2D eigenvalue weighted by Gasteiger charge is -2.21. The summed E-state index contributed by atoms with van der Waals surface area (Å²) in [6, 6.07) is 10.0. The maximum absolute atomic E-state index is 12.2. The molecule has 0 unspecified atom stereocenters. The summed E-state index contributed by atoms with van der Waals surface area (Å²) in [7, 11) is 0. The van der Waals surface area contributed by atoms with Crippen molar-refractivity contribution in [1.29, 1.82) is 0 Å². The average molecular weight is 294 g/mol. The first-order valence-electron chi connectivity index (χ1n) is 7.08. The van der Waals surface area contributed by atoms with Crippen molar-refractivity contribution in [2.75, 3.05) is 45.1 Å². The Morgan fingerprint density at radius 1 is 1.15 bits per heavy atom. The van der Waals surface area contributed by atoms with E-state index in [0.717, 1.165) is 37.5 Å². The molecule has 1 heterocycles. The van der Waals surface area contributed by atoms with Gasteiger partial charge in [0.25, 0.3) is 0 Å². The van der Waals surface area contributed by atoms with Gasteiger partial charge in [0.05, 0.1) is 12.4 Å². The number of β-amino-alcohol motifs (C(OH)–C–C–N with tert-alkyl or cyclic N) is 1. The highest BCUT2D eigenvalue weighted by molar-refractivity contribution is 8.00. The number of carbonyl (C=O) groups is 1. The third kappa shape index (κ3) is 4.81. The highest BCUT2D eigenvalue weighted by atomic mass is 32.2. The topological polar surface area (TPSA) is 43.8 Å². The van der Waals surface area contributed by atoms with Crippen LogP contribution in [0.15, 0.2) is 35.2 Å². The van der Waals surface area contributed by atoms with E-state index in [1.807, 2.05) is 35.2 Å². The van der Waals surface area contributed by atoms with Crippen LogP contribution in [0.25, 0.3) is 0 Å². The molecule has 1 aromatic rings. The van der Waals surface area contributed by atoms with Crippen LogP contribution >= 0.6 is 11.8 Å². The summed E-state index contributed by atoms with van der Waals surface area (Å²) in [5.74, 6) is 0.717. The lowest BCUT2D eigenvalue weighted by Crippen LogP contribution is -2.36. The van der Waals surface area contributed by atoms with Gasteiger partial charge < -0.3 is 10.0 Å². The van der Waals surface area contributed by atoms with E-state index in [-0.39, 0.29) is 12.5 Å². The Labute approximate surface area is 124 Å². The summed E-state index contributed by atoms with van der Waals surface area (Å²) in [4.78, 5) is 17.5. The van der Waals surface area contributed by atoms with Gasteiger partial charge in [-0.3, -0.25) is 9.69 Å². The van der Waals surface area contributed by atoms with Gasteiger partial charge in [0, 0.05) is 31.1 Å². The molecule has 5 heteroatoms. The van der Waals surface area contributed by atoms with E-state index in [2.05, 4.69) is 4.90 Å². The van der Waals surface area contributed by atoms with Crippen molar-refractivity contribution < 1.29 is 9.90 Å². The van der Waals surface area contributed by atoms with Crippen molar-refractivity contribution >= 4 is 17.7 Å². The van der Waals surface area contributed by atoms with Gasteiger partial charge in [-0.2, -0.15) is 0 Å². The van der Waals surface area contributed by atoms with E-state index in [4.69, 9.17) is 5.11 Å². The fourth-order valence-corrected chi connectivity index (χ4v) is 3.16. The van der Waals surface area contributed by atoms with Crippen molar-refractivity contribution in [3.63, 3.8) is 0 Å². The van der Waals surface area contributed by atoms with Gasteiger partial charge in [0.15, 0.2) is 0 Å². The highest BCUT2D eigenvalue weighted by Gasteiger charge is 2.18. The molecule has 0 aromatic heterocycles. The molecule has 1 saturated heterocycles. The first-order chi connectivity index (χ1) is 9.79. The van der Waals surface area contributed by atoms with E-state index >= 15 is 0 Å². The molecule has 20 heavy (non-hydrogen) atoms. The fraction of sp³-hybridized carbons (Fsp3) is 0.533. The summed E-state index contributed by atoms with van der Waals surface area (Å²) in [6.07, 6.45) is 0.988. The molecule has 1 aromatic carbocycles. The van der Waals surface area contributed by atoms with Crippen molar-refractivity contribution in [3.8, 4) is 0 Å². The molecule has 0 atom stereocenters. The maximum Gasteiger partial charge on any atom is 0.232 e. The number of benzene rings is 1. The summed E-state index contributed by atoms with van der Waals surface area (Å²) in [5.41, 5.74) is 0. The lowest BCUT2D eigenvalue weighted by atomic mass is 10.4. The second-order valence-electron chi connectivity index (χ2n) is 4.90. The standard InChI is InChI=1S/C15H22N2O2S/c18-12-11-16-7-4-8-17(10-9-16)15(19)13-20-14-5-2-1-3-6-14/h1-3,5-6,18H,4,7-13H2. The van der Waals surface area contributed by atoms with Crippen molar-refractivity contribution in [1.82, 2.24) is 9.80 Å². The minimum Gasteiger partial charge on any atom is -0.395 e. The zero-order valence-corrected chi connectivity index (χ0v) is 12.5. The first-order valence-corrected chi connectivity index (χ1v) is 8.07. The number of aliphatic hydroxyl groups is 1. The molecule has 110 valence electrons. The van der Waals surface area contributed by atoms with E-state index in [9.17, 15) is 4.79 Å². The van der Waals surface area contributed by atoms with Crippen LogP contribution in [0, 0.1) is 0 Å². The Hall–Kier alpha value is -1.04. The van der Waals surface area contributed by atoms with E-state index in [0.29, 0.717) is 12.3 Å². The second-order valence-corrected chi connectivity index (χ2v) is 5.95. The van der Waals surface area contributed by atoms with E-state index in [1.165, 1.54) is 0 Å². The molecule has 0 radical (unpaired) electrons. The molecule has 1 aliphatic rings. The zero-order chi connectivity index (χ0) is 14.2. The molecular formula is C15H22N2O2S. The lowest BCUT2D eigenvalue weighted by molar-refractivity contribution is -0.128. The molecule has 0 bridgehead atoms. The number of nitrogens with zero attached hydrogens (tertiary/aromatic N) is 2. The zero-order valence-electron chi connectivity index (χ0n) is 11.7. The summed E-state index contributed by atoms with van der Waals surface area (Å²) >= 11 is 1.60. The van der Waals surface area contributed by atoms with Gasteiger partial charge in [0.2, 0.25) is 5.91 Å². The monoisotopic (exact) mass is 294 g/mol. The summed E-state index contributed by atoms with van der Waals surface area (Å²) in [6.45, 7) is 4.33. The minimum absolute atomic E-state index is 0.192. The molecule has 4 nitrogen and oxygen atoms in total. The van der Waals surface area contributed by atoms with Crippen molar-refractivity contribution in [2.24, 2.45) is 0 Å². The fourth-order valence-electron chi connectivity index (χ4n) is 2.34. The Balaban J connectivity index is 1.77. The molecule has 0 spiro atoms. The normalized spacial score (nSPS) is 16.9. The van der Waals surface area contributed by atoms with Gasteiger partial charge >= 0.3 is 0 Å². The number of rotatable bonds is 5. The Morgan fingerprint density at radius 3 is 2.70 bits per heavy atom. The number of hydrogen-bond acceptors (Lipinski definition) is 4. The Bertz CT molecular complexity index is 414. The van der Waals surface area contributed by atoms with Crippen LogP contribution in [-0.4, -0.2) is 65.9 Å². The molecular weight excluding hydrogens is 272 g/mol. The number of thioether (sulfide) groups is 1. The van der Waals surface area contributed by atoms with E-state index in [1.54, 1.807) is 11.8 Å². The SMILES string of the molecule is O=C(CSc1ccccc1)N1CCCN(CCO)CC1. The molecule has 2 rings (SSSR count). The van der Waals surface area contributed by atoms with Gasteiger partial charge in [-0.1, -0.05) is 18.2 Å². The van der Waals surface area contributed by atoms with Crippen LogP contribution in [0.3, 0.4) is 0 Å². The van der Waals surface area contributed by atoms with Gasteiger partial charge in [-0.05, 0) is 25.1 Å². The van der Waals surface area contributed by atoms with Crippen LogP contribution in [-0.2, 0) is 4.79 Å². The number of carbonyl (C=O) groups excluding carboxylic acids is 1. The quantitative estimate of drug-likeness (QED) is 0.832. The van der Waals surface area contributed by atoms with Crippen LogP contribution in [0.1, 0.15) is 6.42 Å². The molecule has 1 amide bonds. The molecule has 1 aliphatic heterocycles. The molecule has 1 N–H and O–H groups in total. The number of hydrogen-bond donors (Lipinski definition) is 1. The van der Waals surface area contributed by atoms with Crippen LogP contribution < -0.4 is 0 Å². The van der Waals surface area contributed by atoms with Gasteiger partial charge in [-0.25, -0.2) is 0 Å². The summed E-state index contributed by atoms with van der Waals surface area (Å²) < 4.78 is 0. The summed E-state index contributed by atoms with van der Waals surface area (Å²) in [5, 5.41) is 8.97. The predicted molar refractivity (Wildman–Crippen MR) is 81.9 cm³/mol. The van der Waals surface area contributed by atoms with Crippen molar-refractivity contribution in [3.05, 3.63) is 30.3 Å². The predicted octanol–water partition coefficient (Wildman–Crippen LogP) is 1.31. The van der Waals surface area contributed by atoms with Crippen molar-refractivity contribution in [2.45, 2.75) is 11.3 Å². The third-order valence-corrected chi connectivity index (χ3v) is 4.46. The van der Waals surface area contributed by atoms with Gasteiger partial charge in [0.1, 0.15) is 0 Å². The average Bonchev–Trinajstić information content (AvgIpc) is 2.72.